The van der Waals surface area contributed by atoms with Crippen LogP contribution in [0.4, 0.5) is 0 Å². The van der Waals surface area contributed by atoms with E-state index in [2.05, 4.69) is 15.9 Å². The largest absolute Gasteiger partial charge is 0.339 e. The molecule has 15 heavy (non-hydrogen) atoms. The summed E-state index contributed by atoms with van der Waals surface area (Å²) in [6, 6.07) is 10.2. The van der Waals surface area contributed by atoms with E-state index in [0.29, 0.717) is 6.42 Å². The number of benzene rings is 1. The molecule has 0 saturated carbocycles. The topological polar surface area (TPSA) is 20.3 Å². The lowest BCUT2D eigenvalue weighted by atomic mass is 10.1. The van der Waals surface area contributed by atoms with Gasteiger partial charge in [-0.05, 0) is 12.5 Å². The van der Waals surface area contributed by atoms with Gasteiger partial charge in [0.25, 0.3) is 0 Å². The molecule has 1 unspecified atom stereocenters. The van der Waals surface area contributed by atoms with Gasteiger partial charge < -0.3 is 4.90 Å². The van der Waals surface area contributed by atoms with E-state index in [0.717, 1.165) is 5.33 Å². The number of alkyl halides is 1. The van der Waals surface area contributed by atoms with Gasteiger partial charge in [0, 0.05) is 18.8 Å². The zero-order chi connectivity index (χ0) is 11.3. The van der Waals surface area contributed by atoms with E-state index in [1.54, 1.807) is 4.90 Å². The van der Waals surface area contributed by atoms with Crippen molar-refractivity contribution in [3.05, 3.63) is 35.9 Å². The summed E-state index contributed by atoms with van der Waals surface area (Å²) < 4.78 is 0. The Morgan fingerprint density at radius 3 is 2.53 bits per heavy atom. The Balaban J connectivity index is 2.68. The van der Waals surface area contributed by atoms with Crippen molar-refractivity contribution in [2.45, 2.75) is 19.4 Å². The maximum Gasteiger partial charge on any atom is 0.223 e. The number of carbonyl (C=O) groups is 1. The summed E-state index contributed by atoms with van der Waals surface area (Å²) in [5.41, 5.74) is 1.17. The van der Waals surface area contributed by atoms with Crippen LogP contribution in [-0.4, -0.2) is 23.2 Å². The summed E-state index contributed by atoms with van der Waals surface area (Å²) in [7, 11) is 1.85. The molecule has 1 amide bonds. The van der Waals surface area contributed by atoms with Crippen LogP contribution < -0.4 is 0 Å². The predicted octanol–water partition coefficient (Wildman–Crippen LogP) is 2.99. The van der Waals surface area contributed by atoms with Crippen molar-refractivity contribution in [1.82, 2.24) is 4.90 Å². The minimum Gasteiger partial charge on any atom is -0.339 e. The molecular weight excluding hydrogens is 254 g/mol. The van der Waals surface area contributed by atoms with Gasteiger partial charge in [0.15, 0.2) is 0 Å². The van der Waals surface area contributed by atoms with E-state index in [4.69, 9.17) is 0 Å². The Hall–Kier alpha value is -0.830. The first-order valence-corrected chi connectivity index (χ1v) is 6.15. The molecule has 0 aliphatic rings. The first-order chi connectivity index (χ1) is 7.16. The zero-order valence-corrected chi connectivity index (χ0v) is 10.7. The summed E-state index contributed by atoms with van der Waals surface area (Å²) in [4.78, 5) is 13.4. The van der Waals surface area contributed by atoms with Crippen molar-refractivity contribution >= 4 is 21.8 Å². The second kappa shape index (κ2) is 5.91. The Kier molecular flexibility index (Phi) is 4.82. The highest BCUT2D eigenvalue weighted by Crippen LogP contribution is 2.18. The fraction of sp³-hybridized carbons (Fsp3) is 0.417. The van der Waals surface area contributed by atoms with Crippen LogP contribution in [0.3, 0.4) is 0 Å². The highest BCUT2D eigenvalue weighted by molar-refractivity contribution is 9.09. The van der Waals surface area contributed by atoms with Gasteiger partial charge in [-0.3, -0.25) is 4.79 Å². The summed E-state index contributed by atoms with van der Waals surface area (Å²) in [5.74, 6) is 0.170. The molecule has 2 nitrogen and oxygen atoms in total. The van der Waals surface area contributed by atoms with Crippen molar-refractivity contribution in [2.75, 3.05) is 12.4 Å². The van der Waals surface area contributed by atoms with Crippen LogP contribution in [-0.2, 0) is 4.79 Å². The van der Waals surface area contributed by atoms with Crippen molar-refractivity contribution in [3.8, 4) is 0 Å². The van der Waals surface area contributed by atoms with Crippen LogP contribution in [0.15, 0.2) is 30.3 Å². The third-order valence-corrected chi connectivity index (χ3v) is 2.96. The Labute approximate surface area is 99.4 Å². The quantitative estimate of drug-likeness (QED) is 0.770. The highest BCUT2D eigenvalue weighted by Gasteiger charge is 2.15. The molecule has 1 atom stereocenters. The molecule has 0 heterocycles. The first kappa shape index (κ1) is 12.2. The minimum absolute atomic E-state index is 0.137. The minimum atomic E-state index is 0.137. The second-order valence-electron chi connectivity index (χ2n) is 3.53. The smallest absolute Gasteiger partial charge is 0.223 e. The van der Waals surface area contributed by atoms with E-state index in [9.17, 15) is 4.79 Å². The maximum absolute atomic E-state index is 11.7. The van der Waals surface area contributed by atoms with Gasteiger partial charge >= 0.3 is 0 Å². The van der Waals surface area contributed by atoms with Crippen molar-refractivity contribution < 1.29 is 4.79 Å². The van der Waals surface area contributed by atoms with E-state index in [-0.39, 0.29) is 11.9 Å². The maximum atomic E-state index is 11.7. The molecule has 1 rings (SSSR count). The van der Waals surface area contributed by atoms with Crippen molar-refractivity contribution in [2.24, 2.45) is 0 Å². The van der Waals surface area contributed by atoms with Crippen molar-refractivity contribution in [1.29, 1.82) is 0 Å². The molecule has 0 radical (unpaired) electrons. The van der Waals surface area contributed by atoms with Crippen LogP contribution in [0.2, 0.25) is 0 Å². The van der Waals surface area contributed by atoms with Crippen LogP contribution in [0.5, 0.6) is 0 Å². The summed E-state index contributed by atoms with van der Waals surface area (Å²) in [6.45, 7) is 2.04. The average molecular weight is 270 g/mol. The van der Waals surface area contributed by atoms with Crippen LogP contribution in [0.25, 0.3) is 0 Å². The molecule has 0 aliphatic heterocycles. The third kappa shape index (κ3) is 3.34. The summed E-state index contributed by atoms with van der Waals surface area (Å²) in [5, 5.41) is 0.720. The zero-order valence-electron chi connectivity index (χ0n) is 9.11. The highest BCUT2D eigenvalue weighted by atomic mass is 79.9. The molecule has 1 aromatic carbocycles. The van der Waals surface area contributed by atoms with E-state index in [1.807, 2.05) is 44.3 Å². The number of hydrogen-bond donors (Lipinski definition) is 0. The SMILES string of the molecule is CC(c1ccccc1)N(C)C(=O)CCBr. The van der Waals surface area contributed by atoms with E-state index < -0.39 is 0 Å². The second-order valence-corrected chi connectivity index (χ2v) is 4.32. The van der Waals surface area contributed by atoms with Crippen LogP contribution in [0, 0.1) is 0 Å². The summed E-state index contributed by atoms with van der Waals surface area (Å²) in [6.07, 6.45) is 0.549. The first-order valence-electron chi connectivity index (χ1n) is 5.03. The molecule has 0 bridgehead atoms. The Morgan fingerprint density at radius 1 is 1.40 bits per heavy atom. The standard InChI is InChI=1S/C12H16BrNO/c1-10(11-6-4-3-5-7-11)14(2)12(15)8-9-13/h3-7,10H,8-9H2,1-2H3. The number of amides is 1. The predicted molar refractivity (Wildman–Crippen MR) is 66.0 cm³/mol. The lowest BCUT2D eigenvalue weighted by Gasteiger charge is -2.25. The molecular formula is C12H16BrNO. The van der Waals surface area contributed by atoms with Gasteiger partial charge in [0.1, 0.15) is 0 Å². The van der Waals surface area contributed by atoms with E-state index in [1.165, 1.54) is 5.56 Å². The lowest BCUT2D eigenvalue weighted by molar-refractivity contribution is -0.131. The Bertz CT molecular complexity index is 313. The van der Waals surface area contributed by atoms with Gasteiger partial charge in [-0.2, -0.15) is 0 Å². The normalized spacial score (nSPS) is 12.2. The molecule has 1 aromatic rings. The third-order valence-electron chi connectivity index (χ3n) is 2.56. The van der Waals surface area contributed by atoms with E-state index >= 15 is 0 Å². The number of rotatable bonds is 4. The van der Waals surface area contributed by atoms with Gasteiger partial charge in [0.2, 0.25) is 5.91 Å². The van der Waals surface area contributed by atoms with Gasteiger partial charge in [-0.25, -0.2) is 0 Å². The van der Waals surface area contributed by atoms with Crippen molar-refractivity contribution in [3.63, 3.8) is 0 Å². The summed E-state index contributed by atoms with van der Waals surface area (Å²) >= 11 is 3.28. The van der Waals surface area contributed by atoms with Gasteiger partial charge in [-0.1, -0.05) is 46.3 Å². The molecule has 0 aromatic heterocycles. The van der Waals surface area contributed by atoms with Crippen LogP contribution >= 0.6 is 15.9 Å². The molecule has 3 heteroatoms. The molecule has 0 spiro atoms. The molecule has 0 saturated heterocycles. The number of halogens is 1. The average Bonchev–Trinajstić information content (AvgIpc) is 2.28. The van der Waals surface area contributed by atoms with Crippen LogP contribution in [0.1, 0.15) is 24.9 Å². The fourth-order valence-corrected chi connectivity index (χ4v) is 1.77. The number of carbonyl (C=O) groups excluding carboxylic acids is 1. The fourth-order valence-electron chi connectivity index (χ4n) is 1.43. The van der Waals surface area contributed by atoms with Gasteiger partial charge in [0.05, 0.1) is 6.04 Å². The molecule has 0 fully saturated rings. The monoisotopic (exact) mass is 269 g/mol. The number of hydrogen-bond acceptors (Lipinski definition) is 1. The lowest BCUT2D eigenvalue weighted by Crippen LogP contribution is -2.29. The Morgan fingerprint density at radius 2 is 2.00 bits per heavy atom. The number of nitrogens with zero attached hydrogens (tertiary/aromatic N) is 1. The van der Waals surface area contributed by atoms with Gasteiger partial charge in [-0.15, -0.1) is 0 Å². The molecule has 0 aliphatic carbocycles. The molecule has 0 N–H and O–H groups in total. The molecule has 82 valence electrons.